The third kappa shape index (κ3) is 3.93. The second kappa shape index (κ2) is 8.82. The normalized spacial score (nSPS) is 14.7. The number of fused-ring (bicyclic) bond motifs is 3. The molecule has 3 heterocycles. The van der Waals surface area contributed by atoms with E-state index in [1.165, 1.54) is 24.6 Å². The molecule has 1 N–H and O–H groups in total. The minimum Gasteiger partial charge on any atom is -0.349 e. The number of rotatable bonds is 4. The van der Waals surface area contributed by atoms with Gasteiger partial charge >= 0.3 is 0 Å². The number of hydrogen-bond acceptors (Lipinski definition) is 4. The topological polar surface area (TPSA) is 71.0 Å². The van der Waals surface area contributed by atoms with E-state index in [2.05, 4.69) is 4.98 Å². The van der Waals surface area contributed by atoms with Crippen LogP contribution in [-0.2, 0) is 4.79 Å². The van der Waals surface area contributed by atoms with Crippen molar-refractivity contribution in [1.29, 1.82) is 0 Å². The fraction of sp³-hybridized carbons (Fsp3) is 0.320. The lowest BCUT2D eigenvalue weighted by molar-refractivity contribution is -0.128. The standard InChI is InChI=1S/C25H26N4O2S/c1-17-10-12-18(13-11-17)29-24(31)23-22(19-8-4-5-9-20(19)26-23)27-25(29)32-16-21(30)28-14-6-2-3-7-15-28/h4-5,8-13,26H,2-3,6-7,14-16H2,1H3. The van der Waals surface area contributed by atoms with E-state index in [0.717, 1.165) is 48.1 Å². The molecule has 2 aromatic heterocycles. The number of thioether (sulfide) groups is 1. The first-order chi connectivity index (χ1) is 15.6. The molecule has 7 heteroatoms. The van der Waals surface area contributed by atoms with Crippen LogP contribution < -0.4 is 5.56 Å². The van der Waals surface area contributed by atoms with Crippen LogP contribution in [0.15, 0.2) is 58.5 Å². The summed E-state index contributed by atoms with van der Waals surface area (Å²) in [6.07, 6.45) is 4.49. The number of para-hydroxylation sites is 1. The highest BCUT2D eigenvalue weighted by Crippen LogP contribution is 2.27. The lowest BCUT2D eigenvalue weighted by Crippen LogP contribution is -2.33. The average Bonchev–Trinajstić information content (AvgIpc) is 2.97. The van der Waals surface area contributed by atoms with Crippen molar-refractivity contribution in [3.8, 4) is 5.69 Å². The average molecular weight is 447 g/mol. The molecule has 164 valence electrons. The van der Waals surface area contributed by atoms with E-state index in [1.807, 2.05) is 60.4 Å². The molecule has 0 saturated carbocycles. The number of nitrogens with one attached hydrogen (secondary N) is 1. The zero-order valence-electron chi connectivity index (χ0n) is 18.1. The summed E-state index contributed by atoms with van der Waals surface area (Å²) >= 11 is 1.34. The van der Waals surface area contributed by atoms with E-state index < -0.39 is 0 Å². The molecule has 0 spiro atoms. The second-order valence-electron chi connectivity index (χ2n) is 8.35. The fourth-order valence-electron chi connectivity index (χ4n) is 4.30. The molecule has 0 bridgehead atoms. The Morgan fingerprint density at radius 2 is 1.75 bits per heavy atom. The molecule has 1 aliphatic heterocycles. The van der Waals surface area contributed by atoms with Crippen molar-refractivity contribution >= 4 is 39.6 Å². The predicted molar refractivity (Wildman–Crippen MR) is 130 cm³/mol. The van der Waals surface area contributed by atoms with Gasteiger partial charge in [-0.1, -0.05) is 60.5 Å². The minimum absolute atomic E-state index is 0.112. The summed E-state index contributed by atoms with van der Waals surface area (Å²) in [5.41, 5.74) is 3.73. The molecule has 1 saturated heterocycles. The Hall–Kier alpha value is -3.06. The first-order valence-electron chi connectivity index (χ1n) is 11.1. The van der Waals surface area contributed by atoms with Gasteiger partial charge in [0, 0.05) is 24.0 Å². The Balaban J connectivity index is 1.58. The number of aryl methyl sites for hydroxylation is 1. The predicted octanol–water partition coefficient (Wildman–Crippen LogP) is 4.67. The molecule has 2 aromatic carbocycles. The second-order valence-corrected chi connectivity index (χ2v) is 9.29. The number of amides is 1. The number of aromatic nitrogens is 3. The van der Waals surface area contributed by atoms with E-state index in [9.17, 15) is 9.59 Å². The maximum absolute atomic E-state index is 13.6. The molecule has 32 heavy (non-hydrogen) atoms. The third-order valence-electron chi connectivity index (χ3n) is 6.07. The molecular weight excluding hydrogens is 420 g/mol. The fourth-order valence-corrected chi connectivity index (χ4v) is 5.21. The summed E-state index contributed by atoms with van der Waals surface area (Å²) in [6.45, 7) is 3.65. The van der Waals surface area contributed by atoms with Crippen molar-refractivity contribution in [2.24, 2.45) is 0 Å². The highest BCUT2D eigenvalue weighted by Gasteiger charge is 2.20. The Bertz CT molecular complexity index is 1330. The van der Waals surface area contributed by atoms with Gasteiger partial charge in [-0.05, 0) is 38.0 Å². The van der Waals surface area contributed by atoms with Gasteiger partial charge in [-0.2, -0.15) is 0 Å². The van der Waals surface area contributed by atoms with Gasteiger partial charge in [0.15, 0.2) is 5.16 Å². The van der Waals surface area contributed by atoms with Crippen LogP contribution in [-0.4, -0.2) is 44.2 Å². The summed E-state index contributed by atoms with van der Waals surface area (Å²) in [5.74, 6) is 0.382. The van der Waals surface area contributed by atoms with Gasteiger partial charge in [-0.15, -0.1) is 0 Å². The summed E-state index contributed by atoms with van der Waals surface area (Å²) in [6, 6.07) is 15.6. The third-order valence-corrected chi connectivity index (χ3v) is 6.99. The molecule has 1 amide bonds. The van der Waals surface area contributed by atoms with Gasteiger partial charge in [0.2, 0.25) is 5.91 Å². The zero-order valence-corrected chi connectivity index (χ0v) is 19.0. The van der Waals surface area contributed by atoms with Crippen LogP contribution in [0.2, 0.25) is 0 Å². The number of benzene rings is 2. The summed E-state index contributed by atoms with van der Waals surface area (Å²) in [5, 5.41) is 1.45. The number of carbonyl (C=O) groups excluding carboxylic acids is 1. The van der Waals surface area contributed by atoms with E-state index >= 15 is 0 Å². The first kappa shape index (κ1) is 20.8. The van der Waals surface area contributed by atoms with Crippen molar-refractivity contribution in [1.82, 2.24) is 19.4 Å². The van der Waals surface area contributed by atoms with Crippen molar-refractivity contribution in [3.05, 3.63) is 64.4 Å². The maximum atomic E-state index is 13.6. The largest absolute Gasteiger partial charge is 0.349 e. The summed E-state index contributed by atoms with van der Waals surface area (Å²) in [7, 11) is 0. The van der Waals surface area contributed by atoms with E-state index in [1.54, 1.807) is 4.57 Å². The molecule has 0 aliphatic carbocycles. The molecule has 4 aromatic rings. The van der Waals surface area contributed by atoms with E-state index in [-0.39, 0.29) is 17.2 Å². The van der Waals surface area contributed by atoms with Gasteiger partial charge in [0.05, 0.1) is 11.4 Å². The van der Waals surface area contributed by atoms with Crippen molar-refractivity contribution < 1.29 is 4.79 Å². The van der Waals surface area contributed by atoms with Crippen LogP contribution in [0.3, 0.4) is 0 Å². The zero-order chi connectivity index (χ0) is 22.1. The van der Waals surface area contributed by atoms with Gasteiger partial charge in [-0.3, -0.25) is 14.2 Å². The van der Waals surface area contributed by atoms with Gasteiger partial charge in [-0.25, -0.2) is 4.98 Å². The Morgan fingerprint density at radius 3 is 2.50 bits per heavy atom. The summed E-state index contributed by atoms with van der Waals surface area (Å²) < 4.78 is 1.62. The lowest BCUT2D eigenvalue weighted by Gasteiger charge is -2.20. The first-order valence-corrected chi connectivity index (χ1v) is 12.1. The highest BCUT2D eigenvalue weighted by molar-refractivity contribution is 7.99. The van der Waals surface area contributed by atoms with Crippen LogP contribution in [0.5, 0.6) is 0 Å². The minimum atomic E-state index is -0.153. The smallest absolute Gasteiger partial charge is 0.283 e. The Kier molecular flexibility index (Phi) is 5.74. The monoisotopic (exact) mass is 446 g/mol. The number of nitrogens with zero attached hydrogens (tertiary/aromatic N) is 3. The quantitative estimate of drug-likeness (QED) is 0.365. The van der Waals surface area contributed by atoms with E-state index in [0.29, 0.717) is 16.2 Å². The van der Waals surface area contributed by atoms with Crippen LogP contribution in [0.4, 0.5) is 0 Å². The van der Waals surface area contributed by atoms with Crippen LogP contribution in [0, 0.1) is 6.92 Å². The maximum Gasteiger partial charge on any atom is 0.283 e. The highest BCUT2D eigenvalue weighted by atomic mass is 32.2. The van der Waals surface area contributed by atoms with Crippen molar-refractivity contribution in [2.75, 3.05) is 18.8 Å². The number of H-pyrrole nitrogens is 1. The molecule has 0 unspecified atom stereocenters. The van der Waals surface area contributed by atoms with Crippen LogP contribution >= 0.6 is 11.8 Å². The van der Waals surface area contributed by atoms with Crippen molar-refractivity contribution in [3.63, 3.8) is 0 Å². The molecule has 1 fully saturated rings. The van der Waals surface area contributed by atoms with Crippen LogP contribution in [0.1, 0.15) is 31.2 Å². The van der Waals surface area contributed by atoms with Gasteiger partial charge in [0.1, 0.15) is 11.0 Å². The number of carbonyl (C=O) groups is 1. The van der Waals surface area contributed by atoms with Crippen LogP contribution in [0.25, 0.3) is 27.6 Å². The molecule has 0 atom stereocenters. The molecule has 0 radical (unpaired) electrons. The molecular formula is C25H26N4O2S. The van der Waals surface area contributed by atoms with Gasteiger partial charge in [0.25, 0.3) is 5.56 Å². The SMILES string of the molecule is Cc1ccc(-n2c(SCC(=O)N3CCCCCC3)nc3c([nH]c4ccccc43)c2=O)cc1. The Labute approximate surface area is 190 Å². The molecule has 6 nitrogen and oxygen atoms in total. The lowest BCUT2D eigenvalue weighted by atomic mass is 10.2. The summed E-state index contributed by atoms with van der Waals surface area (Å²) in [4.78, 5) is 36.6. The van der Waals surface area contributed by atoms with Crippen molar-refractivity contribution in [2.45, 2.75) is 37.8 Å². The van der Waals surface area contributed by atoms with Gasteiger partial charge < -0.3 is 9.88 Å². The molecule has 5 rings (SSSR count). The Morgan fingerprint density at radius 1 is 1.03 bits per heavy atom. The number of hydrogen-bond donors (Lipinski definition) is 1. The number of aromatic amines is 1. The number of likely N-dealkylation sites (tertiary alicyclic amines) is 1. The van der Waals surface area contributed by atoms with E-state index in [4.69, 9.17) is 4.98 Å². The molecule has 1 aliphatic rings.